The summed E-state index contributed by atoms with van der Waals surface area (Å²) in [5.41, 5.74) is 4.98. The summed E-state index contributed by atoms with van der Waals surface area (Å²) < 4.78 is 0. The summed E-state index contributed by atoms with van der Waals surface area (Å²) in [5, 5.41) is 3.55. The van der Waals surface area contributed by atoms with Crippen LogP contribution < -0.4 is 5.32 Å². The van der Waals surface area contributed by atoms with Crippen LogP contribution in [0.3, 0.4) is 0 Å². The molecule has 4 rings (SSSR count). The fourth-order valence-electron chi connectivity index (χ4n) is 3.46. The molecule has 0 unspecified atom stereocenters. The van der Waals surface area contributed by atoms with E-state index >= 15 is 0 Å². The van der Waals surface area contributed by atoms with Crippen LogP contribution in [-0.2, 0) is 19.5 Å². The van der Waals surface area contributed by atoms with Crippen molar-refractivity contribution in [1.82, 2.24) is 9.88 Å². The maximum absolute atomic E-state index is 12.5. The van der Waals surface area contributed by atoms with Gasteiger partial charge in [-0.1, -0.05) is 48.0 Å². The molecule has 1 amide bonds. The number of hydrogen-bond acceptors (Lipinski definition) is 3. The summed E-state index contributed by atoms with van der Waals surface area (Å²) >= 11 is 5.99. The molecule has 1 N–H and O–H groups in total. The van der Waals surface area contributed by atoms with E-state index in [1.54, 1.807) is 30.5 Å². The van der Waals surface area contributed by atoms with E-state index in [1.165, 1.54) is 16.7 Å². The van der Waals surface area contributed by atoms with Crippen molar-refractivity contribution in [1.29, 1.82) is 0 Å². The Morgan fingerprint density at radius 3 is 2.78 bits per heavy atom. The van der Waals surface area contributed by atoms with Crippen molar-refractivity contribution < 1.29 is 4.79 Å². The Bertz CT molecular complexity index is 959. The normalized spacial score (nSPS) is 13.8. The SMILES string of the molecule is O=C(Nc1cncc2c1CCN(Cc1ccccc1)C2)c1cccc(Cl)c1. The van der Waals surface area contributed by atoms with Crippen molar-refractivity contribution in [3.63, 3.8) is 0 Å². The van der Waals surface area contributed by atoms with Crippen LogP contribution in [-0.4, -0.2) is 22.3 Å². The van der Waals surface area contributed by atoms with Crippen LogP contribution in [0.5, 0.6) is 0 Å². The molecule has 0 bridgehead atoms. The van der Waals surface area contributed by atoms with Crippen LogP contribution in [0.25, 0.3) is 0 Å². The van der Waals surface area contributed by atoms with Crippen molar-refractivity contribution in [3.05, 3.63) is 94.3 Å². The number of anilines is 1. The lowest BCUT2D eigenvalue weighted by Crippen LogP contribution is -2.31. The maximum Gasteiger partial charge on any atom is 0.255 e. The minimum Gasteiger partial charge on any atom is -0.320 e. The van der Waals surface area contributed by atoms with E-state index in [-0.39, 0.29) is 5.91 Å². The van der Waals surface area contributed by atoms with Crippen LogP contribution in [0.2, 0.25) is 5.02 Å². The predicted octanol–water partition coefficient (Wildman–Crippen LogP) is 4.55. The molecule has 0 atom stereocenters. The molecule has 0 saturated heterocycles. The third kappa shape index (κ3) is 4.18. The van der Waals surface area contributed by atoms with Crippen molar-refractivity contribution in [2.24, 2.45) is 0 Å². The predicted molar refractivity (Wildman–Crippen MR) is 108 cm³/mol. The number of amides is 1. The Hall–Kier alpha value is -2.69. The summed E-state index contributed by atoms with van der Waals surface area (Å²) in [4.78, 5) is 19.3. The molecular formula is C22H20ClN3O. The van der Waals surface area contributed by atoms with E-state index in [0.29, 0.717) is 10.6 Å². The van der Waals surface area contributed by atoms with E-state index in [9.17, 15) is 4.79 Å². The molecule has 27 heavy (non-hydrogen) atoms. The van der Waals surface area contributed by atoms with Gasteiger partial charge in [0.2, 0.25) is 0 Å². The van der Waals surface area contributed by atoms with E-state index < -0.39 is 0 Å². The van der Waals surface area contributed by atoms with Crippen molar-refractivity contribution in [3.8, 4) is 0 Å². The Labute approximate surface area is 163 Å². The zero-order chi connectivity index (χ0) is 18.6. The Kier molecular flexibility index (Phi) is 5.19. The molecule has 0 fully saturated rings. The first-order valence-electron chi connectivity index (χ1n) is 8.98. The van der Waals surface area contributed by atoms with Gasteiger partial charge in [0.1, 0.15) is 0 Å². The number of nitrogens with one attached hydrogen (secondary N) is 1. The number of pyridine rings is 1. The molecule has 4 nitrogen and oxygen atoms in total. The van der Waals surface area contributed by atoms with Crippen LogP contribution in [0.4, 0.5) is 5.69 Å². The molecule has 0 saturated carbocycles. The third-order valence-electron chi connectivity index (χ3n) is 4.80. The Morgan fingerprint density at radius 1 is 1.11 bits per heavy atom. The smallest absolute Gasteiger partial charge is 0.255 e. The molecule has 3 aromatic rings. The number of hydrogen-bond donors (Lipinski definition) is 1. The topological polar surface area (TPSA) is 45.2 Å². The van der Waals surface area contributed by atoms with Gasteiger partial charge in [0.05, 0.1) is 11.9 Å². The zero-order valence-corrected chi connectivity index (χ0v) is 15.6. The van der Waals surface area contributed by atoms with Gasteiger partial charge in [0.15, 0.2) is 0 Å². The molecule has 2 heterocycles. The van der Waals surface area contributed by atoms with Crippen molar-refractivity contribution in [2.75, 3.05) is 11.9 Å². The number of rotatable bonds is 4. The van der Waals surface area contributed by atoms with Gasteiger partial charge >= 0.3 is 0 Å². The number of fused-ring (bicyclic) bond motifs is 1. The van der Waals surface area contributed by atoms with Crippen LogP contribution in [0.15, 0.2) is 67.0 Å². The van der Waals surface area contributed by atoms with Gasteiger partial charge in [-0.3, -0.25) is 14.7 Å². The van der Waals surface area contributed by atoms with Crippen LogP contribution >= 0.6 is 11.6 Å². The van der Waals surface area contributed by atoms with Crippen LogP contribution in [0.1, 0.15) is 27.0 Å². The second-order valence-corrected chi connectivity index (χ2v) is 7.17. The van der Waals surface area contributed by atoms with E-state index in [2.05, 4.69) is 39.5 Å². The van der Waals surface area contributed by atoms with E-state index in [1.807, 2.05) is 12.3 Å². The largest absolute Gasteiger partial charge is 0.320 e. The second-order valence-electron chi connectivity index (χ2n) is 6.74. The molecule has 1 aromatic heterocycles. The Balaban J connectivity index is 1.49. The summed E-state index contributed by atoms with van der Waals surface area (Å²) in [6.07, 6.45) is 4.52. The quantitative estimate of drug-likeness (QED) is 0.725. The number of benzene rings is 2. The van der Waals surface area contributed by atoms with Gasteiger partial charge < -0.3 is 5.32 Å². The highest BCUT2D eigenvalue weighted by Crippen LogP contribution is 2.26. The molecule has 1 aliphatic rings. The highest BCUT2D eigenvalue weighted by molar-refractivity contribution is 6.31. The van der Waals surface area contributed by atoms with E-state index in [4.69, 9.17) is 11.6 Å². The van der Waals surface area contributed by atoms with Gasteiger partial charge in [-0.25, -0.2) is 0 Å². The summed E-state index contributed by atoms with van der Waals surface area (Å²) in [5.74, 6) is -0.167. The Morgan fingerprint density at radius 2 is 1.96 bits per heavy atom. The first-order chi connectivity index (χ1) is 13.2. The van der Waals surface area contributed by atoms with Gasteiger partial charge in [-0.05, 0) is 41.3 Å². The molecule has 136 valence electrons. The monoisotopic (exact) mass is 377 g/mol. The number of carbonyl (C=O) groups is 1. The fraction of sp³-hybridized carbons (Fsp3) is 0.182. The fourth-order valence-corrected chi connectivity index (χ4v) is 3.65. The van der Waals surface area contributed by atoms with Gasteiger partial charge in [0.25, 0.3) is 5.91 Å². The minimum atomic E-state index is -0.167. The first-order valence-corrected chi connectivity index (χ1v) is 9.36. The minimum absolute atomic E-state index is 0.167. The molecule has 2 aromatic carbocycles. The second kappa shape index (κ2) is 7.91. The standard InChI is InChI=1S/C22H20ClN3O/c23-19-8-4-7-17(11-19)22(27)25-21-13-24-12-18-15-26(10-9-20(18)21)14-16-5-2-1-3-6-16/h1-8,11-13H,9-10,14-15H2,(H,25,27). The summed E-state index contributed by atoms with van der Waals surface area (Å²) in [6, 6.07) is 17.4. The molecule has 1 aliphatic heterocycles. The third-order valence-corrected chi connectivity index (χ3v) is 5.04. The van der Waals surface area contributed by atoms with Crippen LogP contribution in [0, 0.1) is 0 Å². The average molecular weight is 378 g/mol. The lowest BCUT2D eigenvalue weighted by atomic mass is 9.99. The lowest BCUT2D eigenvalue weighted by Gasteiger charge is -2.29. The van der Waals surface area contributed by atoms with Crippen molar-refractivity contribution in [2.45, 2.75) is 19.5 Å². The average Bonchev–Trinajstić information content (AvgIpc) is 2.69. The lowest BCUT2D eigenvalue weighted by molar-refractivity contribution is 0.102. The number of nitrogens with zero attached hydrogens (tertiary/aromatic N) is 2. The number of aromatic nitrogens is 1. The van der Waals surface area contributed by atoms with Crippen molar-refractivity contribution >= 4 is 23.2 Å². The maximum atomic E-state index is 12.5. The number of carbonyl (C=O) groups excluding carboxylic acids is 1. The summed E-state index contributed by atoms with van der Waals surface area (Å²) in [7, 11) is 0. The zero-order valence-electron chi connectivity index (χ0n) is 14.9. The van der Waals surface area contributed by atoms with Gasteiger partial charge in [0, 0.05) is 36.4 Å². The first kappa shape index (κ1) is 17.7. The molecule has 0 radical (unpaired) electrons. The van der Waals surface area contributed by atoms with Gasteiger partial charge in [-0.2, -0.15) is 0 Å². The molecule has 5 heteroatoms. The molecule has 0 aliphatic carbocycles. The molecular weight excluding hydrogens is 358 g/mol. The summed E-state index contributed by atoms with van der Waals surface area (Å²) in [6.45, 7) is 2.70. The highest BCUT2D eigenvalue weighted by Gasteiger charge is 2.20. The van der Waals surface area contributed by atoms with E-state index in [0.717, 1.165) is 31.7 Å². The highest BCUT2D eigenvalue weighted by atomic mass is 35.5. The number of halogens is 1. The van der Waals surface area contributed by atoms with Gasteiger partial charge in [-0.15, -0.1) is 0 Å². The molecule has 0 spiro atoms.